The number of carbonyl (C=O) groups is 2. The lowest BCUT2D eigenvalue weighted by Crippen LogP contribution is -2.40. The zero-order valence-electron chi connectivity index (χ0n) is 20.7. The lowest BCUT2D eigenvalue weighted by Gasteiger charge is -2.22. The van der Waals surface area contributed by atoms with Crippen molar-refractivity contribution in [2.45, 2.75) is 71.8 Å². The van der Waals surface area contributed by atoms with E-state index in [4.69, 9.17) is 32.7 Å². The van der Waals surface area contributed by atoms with Crippen LogP contribution in [0.15, 0.2) is 34.0 Å². The molecule has 1 unspecified atom stereocenters. The topological polar surface area (TPSA) is 119 Å². The molecule has 3 rings (SSSR count). The monoisotopic (exact) mass is 539 g/mol. The Labute approximate surface area is 219 Å². The molecule has 1 aromatic heterocycles. The lowest BCUT2D eigenvalue weighted by atomic mass is 9.92. The Kier molecular flexibility index (Phi) is 9.03. The van der Waals surface area contributed by atoms with Gasteiger partial charge in [-0.15, -0.1) is 0 Å². The minimum Gasteiger partial charge on any atom is -0.459 e. The number of aryl methyl sites for hydroxylation is 1. The second-order valence-electron chi connectivity index (χ2n) is 9.99. The molecular weight excluding hydrogens is 509 g/mol. The molecule has 2 aromatic rings. The molecule has 0 radical (unpaired) electrons. The van der Waals surface area contributed by atoms with Crippen LogP contribution in [0.3, 0.4) is 0 Å². The molecule has 2 heterocycles. The van der Waals surface area contributed by atoms with E-state index >= 15 is 0 Å². The number of carbonyl (C=O) groups excluding carboxylic acids is 2. The second-order valence-corrected chi connectivity index (χ2v) is 10.8. The van der Waals surface area contributed by atoms with Gasteiger partial charge in [-0.1, -0.05) is 57.0 Å². The van der Waals surface area contributed by atoms with Gasteiger partial charge in [-0.3, -0.25) is 23.9 Å². The number of nitrogens with zero attached hydrogens (tertiary/aromatic N) is 1. The van der Waals surface area contributed by atoms with Gasteiger partial charge in [0.05, 0.1) is 12.8 Å². The molecule has 0 aliphatic carbocycles. The van der Waals surface area contributed by atoms with Gasteiger partial charge in [0, 0.05) is 34.8 Å². The number of aromatic nitrogens is 2. The van der Waals surface area contributed by atoms with E-state index in [-0.39, 0.29) is 37.1 Å². The normalized spacial score (nSPS) is 19.8. The number of amides is 1. The third-order valence-electron chi connectivity index (χ3n) is 5.77. The highest BCUT2D eigenvalue weighted by molar-refractivity contribution is 6.36. The maximum Gasteiger partial charge on any atom is 0.330 e. The number of nitrogens with one attached hydrogen (secondary N) is 2. The summed E-state index contributed by atoms with van der Waals surface area (Å²) in [5.41, 5.74) is -0.428. The Morgan fingerprint density at radius 1 is 1.22 bits per heavy atom. The van der Waals surface area contributed by atoms with Gasteiger partial charge in [-0.2, -0.15) is 0 Å². The maximum atomic E-state index is 12.6. The van der Waals surface area contributed by atoms with Crippen molar-refractivity contribution in [2.24, 2.45) is 5.41 Å². The molecule has 1 aromatic carbocycles. The van der Waals surface area contributed by atoms with Crippen LogP contribution >= 0.6 is 23.2 Å². The molecule has 1 saturated heterocycles. The van der Waals surface area contributed by atoms with Crippen LogP contribution in [0.1, 0.15) is 57.9 Å². The first-order chi connectivity index (χ1) is 16.9. The Morgan fingerprint density at radius 2 is 1.89 bits per heavy atom. The van der Waals surface area contributed by atoms with Crippen LogP contribution in [-0.4, -0.2) is 40.2 Å². The third-order valence-corrected chi connectivity index (χ3v) is 6.48. The van der Waals surface area contributed by atoms with Gasteiger partial charge in [0.2, 0.25) is 5.91 Å². The van der Waals surface area contributed by atoms with E-state index in [1.54, 1.807) is 25.1 Å². The lowest BCUT2D eigenvalue weighted by molar-refractivity contribution is -0.154. The molecule has 36 heavy (non-hydrogen) atoms. The highest BCUT2D eigenvalue weighted by Crippen LogP contribution is 2.31. The van der Waals surface area contributed by atoms with Crippen LogP contribution < -0.4 is 16.6 Å². The minimum atomic E-state index is -0.785. The molecule has 1 aliphatic heterocycles. The molecule has 1 fully saturated rings. The zero-order chi connectivity index (χ0) is 26.6. The number of H-pyrrole nitrogens is 1. The zero-order valence-corrected chi connectivity index (χ0v) is 22.2. The molecule has 11 heteroatoms. The minimum absolute atomic E-state index is 0.0314. The van der Waals surface area contributed by atoms with E-state index in [9.17, 15) is 19.2 Å². The van der Waals surface area contributed by atoms with Crippen LogP contribution in [0.5, 0.6) is 0 Å². The fourth-order valence-corrected chi connectivity index (χ4v) is 4.48. The molecule has 0 saturated carbocycles. The van der Waals surface area contributed by atoms with Crippen molar-refractivity contribution in [3.05, 3.63) is 66.4 Å². The van der Waals surface area contributed by atoms with E-state index in [0.717, 1.165) is 0 Å². The van der Waals surface area contributed by atoms with Crippen molar-refractivity contribution in [2.75, 3.05) is 6.54 Å². The number of halogens is 2. The van der Waals surface area contributed by atoms with Crippen LogP contribution in [0, 0.1) is 5.41 Å². The number of hydrogen-bond donors (Lipinski definition) is 2. The summed E-state index contributed by atoms with van der Waals surface area (Å²) in [5, 5.41) is 3.54. The number of ether oxygens (including phenoxy) is 2. The van der Waals surface area contributed by atoms with Crippen LogP contribution in [0.4, 0.5) is 0 Å². The van der Waals surface area contributed by atoms with Crippen LogP contribution in [0.25, 0.3) is 0 Å². The van der Waals surface area contributed by atoms with Crippen molar-refractivity contribution >= 4 is 35.1 Å². The Hall–Kier alpha value is -2.62. The Balaban J connectivity index is 1.76. The summed E-state index contributed by atoms with van der Waals surface area (Å²) in [6.45, 7) is 7.60. The van der Waals surface area contributed by atoms with E-state index < -0.39 is 35.7 Å². The van der Waals surface area contributed by atoms with Crippen LogP contribution in [0.2, 0.25) is 10.0 Å². The molecule has 196 valence electrons. The summed E-state index contributed by atoms with van der Waals surface area (Å²) in [7, 11) is 0. The number of esters is 1. The van der Waals surface area contributed by atoms with Gasteiger partial charge in [0.1, 0.15) is 18.4 Å². The standard InChI is InChI=1S/C25H31Cl2N3O6/c1-5-14-13-30(24(34)29-23(14)33)21-10-18(36-22(32)11-25(2,3)4)19(35-21)12-28-20(31)9-15-16(26)7-6-8-17(15)27/h6-8,13,18-19,21H,5,9-12H2,1-4H3,(H,28,31)(H,29,33,34)/t18?,19-,21-/m0/s1. The third kappa shape index (κ3) is 7.21. The molecule has 0 bridgehead atoms. The summed E-state index contributed by atoms with van der Waals surface area (Å²) in [5.74, 6) is -0.745. The average Bonchev–Trinajstić information content (AvgIpc) is 3.15. The fraction of sp³-hybridized carbons (Fsp3) is 0.520. The van der Waals surface area contributed by atoms with Gasteiger partial charge in [0.15, 0.2) is 0 Å². The molecular formula is C25H31Cl2N3O6. The summed E-state index contributed by atoms with van der Waals surface area (Å²) in [4.78, 5) is 51.9. The Bertz CT molecular complexity index is 1210. The van der Waals surface area contributed by atoms with Crippen LogP contribution in [-0.2, 0) is 31.9 Å². The first-order valence-electron chi connectivity index (χ1n) is 11.8. The predicted octanol–water partition coefficient (Wildman–Crippen LogP) is 3.40. The fourth-order valence-electron chi connectivity index (χ4n) is 3.95. The van der Waals surface area contributed by atoms with Crippen molar-refractivity contribution in [3.63, 3.8) is 0 Å². The predicted molar refractivity (Wildman–Crippen MR) is 136 cm³/mol. The number of benzene rings is 1. The second kappa shape index (κ2) is 11.6. The van der Waals surface area contributed by atoms with E-state index in [1.807, 2.05) is 20.8 Å². The van der Waals surface area contributed by atoms with Gasteiger partial charge >= 0.3 is 11.7 Å². The van der Waals surface area contributed by atoms with Gasteiger partial charge in [-0.25, -0.2) is 4.79 Å². The average molecular weight is 540 g/mol. The maximum absolute atomic E-state index is 12.6. The van der Waals surface area contributed by atoms with Gasteiger partial charge < -0.3 is 14.8 Å². The Morgan fingerprint density at radius 3 is 2.50 bits per heavy atom. The largest absolute Gasteiger partial charge is 0.459 e. The highest BCUT2D eigenvalue weighted by Gasteiger charge is 2.40. The van der Waals surface area contributed by atoms with Gasteiger partial charge in [0.25, 0.3) is 5.56 Å². The smallest absolute Gasteiger partial charge is 0.330 e. The van der Waals surface area contributed by atoms with Gasteiger partial charge in [-0.05, 0) is 29.5 Å². The number of aromatic amines is 1. The van der Waals surface area contributed by atoms with Crippen molar-refractivity contribution in [1.82, 2.24) is 14.9 Å². The summed E-state index contributed by atoms with van der Waals surface area (Å²) >= 11 is 12.3. The summed E-state index contributed by atoms with van der Waals surface area (Å²) in [6, 6.07) is 4.99. The first kappa shape index (κ1) is 28.0. The summed E-state index contributed by atoms with van der Waals surface area (Å²) in [6.07, 6.45) is 0.0102. The van der Waals surface area contributed by atoms with Crippen molar-refractivity contribution in [3.8, 4) is 0 Å². The molecule has 0 spiro atoms. The molecule has 1 amide bonds. The highest BCUT2D eigenvalue weighted by atomic mass is 35.5. The van der Waals surface area contributed by atoms with Crippen molar-refractivity contribution < 1.29 is 19.1 Å². The molecule has 2 N–H and O–H groups in total. The molecule has 1 aliphatic rings. The first-order valence-corrected chi connectivity index (χ1v) is 12.5. The summed E-state index contributed by atoms with van der Waals surface area (Å²) < 4.78 is 13.1. The van der Waals surface area contributed by atoms with Crippen molar-refractivity contribution in [1.29, 1.82) is 0 Å². The molecule has 3 atom stereocenters. The number of rotatable bonds is 8. The SMILES string of the molecule is CCc1cn([C@@H]2CC(OC(=O)CC(C)(C)C)[C@H](CNC(=O)Cc3c(Cl)cccc3Cl)O2)c(=O)[nH]c1=O. The van der Waals surface area contributed by atoms with E-state index in [0.29, 0.717) is 27.6 Å². The number of hydrogen-bond acceptors (Lipinski definition) is 6. The molecule has 9 nitrogen and oxygen atoms in total. The quantitative estimate of drug-likeness (QED) is 0.496. The van der Waals surface area contributed by atoms with E-state index in [1.165, 1.54) is 10.8 Å². The van der Waals surface area contributed by atoms with E-state index in [2.05, 4.69) is 10.3 Å².